The molecule has 0 aromatic heterocycles. The first kappa shape index (κ1) is 25.4. The van der Waals surface area contributed by atoms with Gasteiger partial charge in [0, 0.05) is 12.6 Å². The van der Waals surface area contributed by atoms with Crippen molar-refractivity contribution in [2.45, 2.75) is 108 Å². The van der Waals surface area contributed by atoms with E-state index in [0.29, 0.717) is 31.7 Å². The van der Waals surface area contributed by atoms with Gasteiger partial charge in [0.05, 0.1) is 0 Å². The van der Waals surface area contributed by atoms with E-state index in [-0.39, 0.29) is 0 Å². The normalized spacial score (nSPS) is 20.1. The van der Waals surface area contributed by atoms with Crippen molar-refractivity contribution in [1.29, 1.82) is 0 Å². The Labute approximate surface area is 206 Å². The number of hydrogen-bond donors (Lipinski definition) is 0. The first-order valence-corrected chi connectivity index (χ1v) is 13.8. The maximum Gasteiger partial charge on any atom is 0.136 e. The Morgan fingerprint density at radius 2 is 1.32 bits per heavy atom. The Morgan fingerprint density at radius 1 is 0.765 bits per heavy atom. The number of nitrogens with zero attached hydrogens (tertiary/aromatic N) is 1. The highest BCUT2D eigenvalue weighted by atomic mass is 19.1. The third-order valence-electron chi connectivity index (χ3n) is 8.59. The van der Waals surface area contributed by atoms with Crippen LogP contribution in [-0.4, -0.2) is 24.0 Å². The SMILES string of the molecule is CCC(CCc1c(C2(F)CCCC2)cccc1C1(F)CCCC1)N(CC)CCc1ccccc1. The third kappa shape index (κ3) is 5.56. The molecule has 186 valence electrons. The molecule has 0 saturated heterocycles. The molecule has 0 heterocycles. The molecule has 0 N–H and O–H groups in total. The van der Waals surface area contributed by atoms with Gasteiger partial charge in [0.25, 0.3) is 0 Å². The van der Waals surface area contributed by atoms with Crippen molar-refractivity contribution in [2.75, 3.05) is 13.1 Å². The van der Waals surface area contributed by atoms with Gasteiger partial charge in [-0.3, -0.25) is 0 Å². The summed E-state index contributed by atoms with van der Waals surface area (Å²) in [5, 5.41) is 0. The molecule has 34 heavy (non-hydrogen) atoms. The lowest BCUT2D eigenvalue weighted by atomic mass is 9.80. The summed E-state index contributed by atoms with van der Waals surface area (Å²) >= 11 is 0. The summed E-state index contributed by atoms with van der Waals surface area (Å²) in [5.74, 6) is 0. The van der Waals surface area contributed by atoms with Crippen molar-refractivity contribution in [3.63, 3.8) is 0 Å². The van der Waals surface area contributed by atoms with Gasteiger partial charge in [-0.15, -0.1) is 0 Å². The zero-order chi connectivity index (χ0) is 24.0. The number of hydrogen-bond acceptors (Lipinski definition) is 1. The third-order valence-corrected chi connectivity index (χ3v) is 8.59. The average molecular weight is 468 g/mol. The Balaban J connectivity index is 1.56. The molecule has 0 spiro atoms. The highest BCUT2D eigenvalue weighted by molar-refractivity contribution is 5.43. The molecule has 1 nitrogen and oxygen atoms in total. The summed E-state index contributed by atoms with van der Waals surface area (Å²) in [6, 6.07) is 16.9. The van der Waals surface area contributed by atoms with Gasteiger partial charge in [-0.1, -0.05) is 62.4 Å². The summed E-state index contributed by atoms with van der Waals surface area (Å²) in [6.45, 7) is 6.51. The molecule has 0 radical (unpaired) electrons. The average Bonchev–Trinajstić information content (AvgIpc) is 3.51. The Morgan fingerprint density at radius 3 is 1.82 bits per heavy atom. The molecule has 1 unspecified atom stereocenters. The number of halogens is 2. The van der Waals surface area contributed by atoms with Gasteiger partial charge < -0.3 is 4.90 Å². The lowest BCUT2D eigenvalue weighted by Gasteiger charge is -2.33. The molecule has 1 atom stereocenters. The first-order valence-electron chi connectivity index (χ1n) is 13.8. The lowest BCUT2D eigenvalue weighted by molar-refractivity contribution is 0.160. The topological polar surface area (TPSA) is 3.24 Å². The van der Waals surface area contributed by atoms with Crippen LogP contribution >= 0.6 is 0 Å². The molecule has 0 aliphatic heterocycles. The molecule has 2 aromatic rings. The van der Waals surface area contributed by atoms with E-state index in [0.717, 1.165) is 81.1 Å². The summed E-state index contributed by atoms with van der Waals surface area (Å²) in [4.78, 5) is 2.57. The van der Waals surface area contributed by atoms with Crippen LogP contribution < -0.4 is 0 Å². The van der Waals surface area contributed by atoms with Gasteiger partial charge in [-0.05, 0) is 106 Å². The lowest BCUT2D eigenvalue weighted by Crippen LogP contribution is -2.37. The van der Waals surface area contributed by atoms with Crippen LogP contribution in [0.25, 0.3) is 0 Å². The number of likely N-dealkylation sites (N-methyl/N-ethyl adjacent to an activating group) is 1. The predicted molar refractivity (Wildman–Crippen MR) is 139 cm³/mol. The Bertz CT molecular complexity index is 857. The van der Waals surface area contributed by atoms with Crippen LogP contribution in [0.2, 0.25) is 0 Å². The fraction of sp³-hybridized carbons (Fsp3) is 0.613. The minimum absolute atomic E-state index is 0.424. The predicted octanol–water partition coefficient (Wildman–Crippen LogP) is 8.44. The van der Waals surface area contributed by atoms with Crippen LogP contribution in [0, 0.1) is 0 Å². The summed E-state index contributed by atoms with van der Waals surface area (Å²) in [6.07, 6.45) is 9.87. The van der Waals surface area contributed by atoms with E-state index in [1.165, 1.54) is 5.56 Å². The van der Waals surface area contributed by atoms with Gasteiger partial charge in [0.2, 0.25) is 0 Å². The Kier molecular flexibility index (Phi) is 8.45. The zero-order valence-corrected chi connectivity index (χ0v) is 21.3. The van der Waals surface area contributed by atoms with Crippen LogP contribution in [0.15, 0.2) is 48.5 Å². The minimum Gasteiger partial charge on any atom is -0.300 e. The molecule has 2 saturated carbocycles. The largest absolute Gasteiger partial charge is 0.300 e. The van der Waals surface area contributed by atoms with Gasteiger partial charge in [-0.25, -0.2) is 8.78 Å². The highest BCUT2D eigenvalue weighted by Gasteiger charge is 2.42. The fourth-order valence-corrected chi connectivity index (χ4v) is 6.58. The minimum atomic E-state index is -1.28. The van der Waals surface area contributed by atoms with Gasteiger partial charge in [0.15, 0.2) is 0 Å². The fourth-order valence-electron chi connectivity index (χ4n) is 6.58. The molecule has 0 amide bonds. The Hall–Kier alpha value is -1.74. The van der Waals surface area contributed by atoms with Crippen LogP contribution in [-0.2, 0) is 24.2 Å². The second-order valence-electron chi connectivity index (χ2n) is 10.6. The number of rotatable bonds is 11. The van der Waals surface area contributed by atoms with Crippen molar-refractivity contribution < 1.29 is 8.78 Å². The van der Waals surface area contributed by atoms with Crippen LogP contribution in [0.4, 0.5) is 8.78 Å². The van der Waals surface area contributed by atoms with E-state index in [4.69, 9.17) is 0 Å². The van der Waals surface area contributed by atoms with Gasteiger partial charge in [-0.2, -0.15) is 0 Å². The summed E-state index contributed by atoms with van der Waals surface area (Å²) in [7, 11) is 0. The van der Waals surface area contributed by atoms with Crippen LogP contribution in [0.1, 0.15) is 100 Å². The summed E-state index contributed by atoms with van der Waals surface area (Å²) in [5.41, 5.74) is 1.40. The maximum absolute atomic E-state index is 16.1. The van der Waals surface area contributed by atoms with Crippen molar-refractivity contribution >= 4 is 0 Å². The van der Waals surface area contributed by atoms with E-state index in [1.54, 1.807) is 0 Å². The van der Waals surface area contributed by atoms with E-state index in [9.17, 15) is 0 Å². The molecule has 2 aliphatic rings. The van der Waals surface area contributed by atoms with Gasteiger partial charge >= 0.3 is 0 Å². The highest BCUT2D eigenvalue weighted by Crippen LogP contribution is 2.49. The first-order chi connectivity index (χ1) is 16.5. The van der Waals surface area contributed by atoms with Gasteiger partial charge in [0.1, 0.15) is 11.3 Å². The molecular weight excluding hydrogens is 424 g/mol. The molecule has 0 bridgehead atoms. The molecule has 3 heteroatoms. The van der Waals surface area contributed by atoms with E-state index in [2.05, 4.69) is 49.1 Å². The van der Waals surface area contributed by atoms with Crippen molar-refractivity contribution in [3.8, 4) is 0 Å². The van der Waals surface area contributed by atoms with E-state index >= 15 is 8.78 Å². The van der Waals surface area contributed by atoms with E-state index < -0.39 is 11.3 Å². The molecule has 2 aromatic carbocycles. The molecule has 2 fully saturated rings. The standard InChI is InChI=1S/C31H43F2N/c1-3-26(34(4-2)24-19-25-13-6-5-7-14-25)17-18-27-28(30(32)20-8-9-21-30)15-12-16-29(27)31(33)22-10-11-23-31/h5-7,12-16,26H,3-4,8-11,17-24H2,1-2H3. The van der Waals surface area contributed by atoms with Crippen molar-refractivity contribution in [1.82, 2.24) is 4.90 Å². The molecular formula is C31H43F2N. The zero-order valence-electron chi connectivity index (χ0n) is 21.3. The number of alkyl halides is 2. The maximum atomic E-state index is 16.1. The summed E-state index contributed by atoms with van der Waals surface area (Å²) < 4.78 is 32.2. The van der Waals surface area contributed by atoms with Crippen molar-refractivity contribution in [2.24, 2.45) is 0 Å². The van der Waals surface area contributed by atoms with Crippen LogP contribution in [0.3, 0.4) is 0 Å². The second kappa shape index (κ2) is 11.3. The smallest absolute Gasteiger partial charge is 0.136 e. The van der Waals surface area contributed by atoms with Crippen LogP contribution in [0.5, 0.6) is 0 Å². The molecule has 4 rings (SSSR count). The number of benzene rings is 2. The van der Waals surface area contributed by atoms with Crippen molar-refractivity contribution in [3.05, 3.63) is 70.8 Å². The van der Waals surface area contributed by atoms with E-state index in [1.807, 2.05) is 18.2 Å². The monoisotopic (exact) mass is 467 g/mol. The molecule has 2 aliphatic carbocycles. The second-order valence-corrected chi connectivity index (χ2v) is 10.6. The quantitative estimate of drug-likeness (QED) is 0.320.